The van der Waals surface area contributed by atoms with Gasteiger partial charge in [-0.3, -0.25) is 4.90 Å². The van der Waals surface area contributed by atoms with Gasteiger partial charge in [-0.1, -0.05) is 15.9 Å². The van der Waals surface area contributed by atoms with Crippen molar-refractivity contribution in [2.75, 3.05) is 19.6 Å². The van der Waals surface area contributed by atoms with Crippen LogP contribution in [0.2, 0.25) is 0 Å². The third-order valence-electron chi connectivity index (χ3n) is 3.91. The SMILES string of the molecule is CC1CN(Cc2cc(Br)cc(OC(F)(F)F)c2)CCN1C(=O)OC(C)(C)C. The molecule has 1 heterocycles. The Labute approximate surface area is 165 Å². The first-order chi connectivity index (χ1) is 12.3. The summed E-state index contributed by atoms with van der Waals surface area (Å²) in [5.74, 6) is -0.257. The summed E-state index contributed by atoms with van der Waals surface area (Å²) in [6.45, 7) is 9.54. The van der Waals surface area contributed by atoms with Crippen LogP contribution in [0.25, 0.3) is 0 Å². The molecule has 1 fully saturated rings. The van der Waals surface area contributed by atoms with Crippen molar-refractivity contribution in [3.63, 3.8) is 0 Å². The summed E-state index contributed by atoms with van der Waals surface area (Å²) in [4.78, 5) is 16.0. The number of alkyl halides is 3. The number of carbonyl (C=O) groups excluding carboxylic acids is 1. The molecule has 0 saturated carbocycles. The number of nitrogens with zero attached hydrogens (tertiary/aromatic N) is 2. The molecule has 0 bridgehead atoms. The molecule has 5 nitrogen and oxygen atoms in total. The van der Waals surface area contributed by atoms with Crippen LogP contribution in [0.3, 0.4) is 0 Å². The molecular formula is C18H24BrF3N2O3. The average molecular weight is 453 g/mol. The zero-order valence-corrected chi connectivity index (χ0v) is 17.4. The largest absolute Gasteiger partial charge is 0.573 e. The zero-order valence-electron chi connectivity index (χ0n) is 15.8. The summed E-state index contributed by atoms with van der Waals surface area (Å²) >= 11 is 3.22. The monoisotopic (exact) mass is 452 g/mol. The van der Waals surface area contributed by atoms with Gasteiger partial charge in [0.15, 0.2) is 0 Å². The lowest BCUT2D eigenvalue weighted by Gasteiger charge is -2.40. The number of piperazine rings is 1. The standard InChI is InChI=1S/C18H24BrF3N2O3/c1-12-10-23(5-6-24(12)16(25)27-17(2,3)4)11-13-7-14(19)9-15(8-13)26-18(20,21)22/h7-9,12H,5-6,10-11H2,1-4H3. The first kappa shape index (κ1) is 21.8. The molecule has 1 unspecified atom stereocenters. The number of ether oxygens (including phenoxy) is 2. The van der Waals surface area contributed by atoms with E-state index in [4.69, 9.17) is 4.74 Å². The maximum atomic E-state index is 12.5. The van der Waals surface area contributed by atoms with Gasteiger partial charge in [0.05, 0.1) is 0 Å². The molecule has 27 heavy (non-hydrogen) atoms. The van der Waals surface area contributed by atoms with Gasteiger partial charge >= 0.3 is 12.5 Å². The van der Waals surface area contributed by atoms with Crippen LogP contribution in [0.5, 0.6) is 5.75 Å². The third kappa shape index (κ3) is 7.21. The van der Waals surface area contributed by atoms with Crippen molar-refractivity contribution in [3.05, 3.63) is 28.2 Å². The molecule has 1 atom stereocenters. The Kier molecular flexibility index (Phi) is 6.68. The first-order valence-corrected chi connectivity index (χ1v) is 9.39. The molecule has 0 aromatic heterocycles. The highest BCUT2D eigenvalue weighted by molar-refractivity contribution is 9.10. The molecule has 1 amide bonds. The minimum atomic E-state index is -4.73. The van der Waals surface area contributed by atoms with Gasteiger partial charge in [-0.15, -0.1) is 13.2 Å². The van der Waals surface area contributed by atoms with E-state index in [1.807, 2.05) is 27.7 Å². The average Bonchev–Trinajstić information content (AvgIpc) is 2.42. The number of hydrogen-bond acceptors (Lipinski definition) is 4. The fraction of sp³-hybridized carbons (Fsp3) is 0.611. The Balaban J connectivity index is 1.99. The van der Waals surface area contributed by atoms with Crippen molar-refractivity contribution in [1.82, 2.24) is 9.80 Å². The molecule has 0 spiro atoms. The molecule has 152 valence electrons. The molecule has 2 rings (SSSR count). The minimum Gasteiger partial charge on any atom is -0.444 e. The van der Waals surface area contributed by atoms with Gasteiger partial charge in [-0.05, 0) is 51.5 Å². The van der Waals surface area contributed by atoms with E-state index in [-0.39, 0.29) is 17.9 Å². The molecule has 1 saturated heterocycles. The predicted octanol–water partition coefficient (Wildman–Crippen LogP) is 4.79. The molecule has 9 heteroatoms. The van der Waals surface area contributed by atoms with E-state index in [1.165, 1.54) is 12.1 Å². The van der Waals surface area contributed by atoms with Gasteiger partial charge < -0.3 is 14.4 Å². The summed E-state index contributed by atoms with van der Waals surface area (Å²) in [6, 6.07) is 4.35. The highest BCUT2D eigenvalue weighted by atomic mass is 79.9. The van der Waals surface area contributed by atoms with Crippen LogP contribution in [-0.2, 0) is 11.3 Å². The van der Waals surface area contributed by atoms with E-state index in [9.17, 15) is 18.0 Å². The Hall–Kier alpha value is -1.48. The minimum absolute atomic E-state index is 0.0633. The lowest BCUT2D eigenvalue weighted by Crippen LogP contribution is -2.54. The van der Waals surface area contributed by atoms with Crippen LogP contribution in [0.15, 0.2) is 22.7 Å². The number of rotatable bonds is 3. The second-order valence-electron chi connectivity index (χ2n) is 7.60. The van der Waals surface area contributed by atoms with E-state index >= 15 is 0 Å². The van der Waals surface area contributed by atoms with Crippen LogP contribution in [0.4, 0.5) is 18.0 Å². The van der Waals surface area contributed by atoms with Crippen molar-refractivity contribution >= 4 is 22.0 Å². The van der Waals surface area contributed by atoms with Crippen molar-refractivity contribution in [1.29, 1.82) is 0 Å². The van der Waals surface area contributed by atoms with E-state index in [2.05, 4.69) is 25.6 Å². The van der Waals surface area contributed by atoms with Crippen LogP contribution >= 0.6 is 15.9 Å². The summed E-state index contributed by atoms with van der Waals surface area (Å²) < 4.78 is 47.3. The molecule has 0 N–H and O–H groups in total. The van der Waals surface area contributed by atoms with Gasteiger partial charge in [-0.25, -0.2) is 4.79 Å². The van der Waals surface area contributed by atoms with Crippen LogP contribution in [-0.4, -0.2) is 53.5 Å². The molecule has 0 radical (unpaired) electrons. The van der Waals surface area contributed by atoms with E-state index < -0.39 is 12.0 Å². The van der Waals surface area contributed by atoms with Crippen LogP contribution in [0, 0.1) is 0 Å². The molecule has 1 aliphatic rings. The quantitative estimate of drug-likeness (QED) is 0.660. The van der Waals surface area contributed by atoms with Gasteiger partial charge in [0.25, 0.3) is 0 Å². The second kappa shape index (κ2) is 8.26. The summed E-state index contributed by atoms with van der Waals surface area (Å²) in [5, 5.41) is 0. The first-order valence-electron chi connectivity index (χ1n) is 8.59. The molecule has 1 aromatic carbocycles. The Morgan fingerprint density at radius 1 is 1.22 bits per heavy atom. The Morgan fingerprint density at radius 2 is 1.89 bits per heavy atom. The highest BCUT2D eigenvalue weighted by Gasteiger charge is 2.32. The molecule has 0 aliphatic carbocycles. The lowest BCUT2D eigenvalue weighted by molar-refractivity contribution is -0.274. The van der Waals surface area contributed by atoms with Gasteiger partial charge in [-0.2, -0.15) is 0 Å². The second-order valence-corrected chi connectivity index (χ2v) is 8.52. The van der Waals surface area contributed by atoms with Crippen LogP contribution < -0.4 is 4.74 Å². The smallest absolute Gasteiger partial charge is 0.444 e. The summed E-state index contributed by atoms with van der Waals surface area (Å²) in [5.41, 5.74) is 0.139. The van der Waals surface area contributed by atoms with Crippen molar-refractivity contribution in [3.8, 4) is 5.75 Å². The van der Waals surface area contributed by atoms with Crippen molar-refractivity contribution in [2.24, 2.45) is 0 Å². The summed E-state index contributed by atoms with van der Waals surface area (Å²) in [7, 11) is 0. The van der Waals surface area contributed by atoms with E-state index in [1.54, 1.807) is 11.0 Å². The van der Waals surface area contributed by atoms with Gasteiger partial charge in [0.2, 0.25) is 0 Å². The molecular weight excluding hydrogens is 429 g/mol. The number of halogens is 4. The fourth-order valence-corrected chi connectivity index (χ4v) is 3.45. The number of hydrogen-bond donors (Lipinski definition) is 0. The topological polar surface area (TPSA) is 42.0 Å². The van der Waals surface area contributed by atoms with E-state index in [0.717, 1.165) is 0 Å². The lowest BCUT2D eigenvalue weighted by atomic mass is 10.1. The maximum Gasteiger partial charge on any atom is 0.573 e. The number of carbonyl (C=O) groups is 1. The number of amides is 1. The van der Waals surface area contributed by atoms with Crippen LogP contribution in [0.1, 0.15) is 33.3 Å². The fourth-order valence-electron chi connectivity index (χ4n) is 2.93. The maximum absolute atomic E-state index is 12.5. The zero-order chi connectivity index (χ0) is 20.4. The Bertz CT molecular complexity index is 677. The van der Waals surface area contributed by atoms with Crippen molar-refractivity contribution in [2.45, 2.75) is 52.2 Å². The van der Waals surface area contributed by atoms with Crippen molar-refractivity contribution < 1.29 is 27.4 Å². The normalized spacial score (nSPS) is 19.1. The molecule has 1 aliphatic heterocycles. The predicted molar refractivity (Wildman–Crippen MR) is 98.5 cm³/mol. The molecule has 1 aromatic rings. The van der Waals surface area contributed by atoms with E-state index in [0.29, 0.717) is 36.2 Å². The van der Waals surface area contributed by atoms with Gasteiger partial charge in [0, 0.05) is 36.7 Å². The van der Waals surface area contributed by atoms with Gasteiger partial charge in [0.1, 0.15) is 11.4 Å². The third-order valence-corrected chi connectivity index (χ3v) is 4.37. The Morgan fingerprint density at radius 3 is 2.44 bits per heavy atom. The summed E-state index contributed by atoms with van der Waals surface area (Å²) in [6.07, 6.45) is -5.08. The number of benzene rings is 1. The highest BCUT2D eigenvalue weighted by Crippen LogP contribution is 2.28.